The number of benzene rings is 2. The molecule has 20 heavy (non-hydrogen) atoms. The molecule has 2 heterocycles. The van der Waals surface area contributed by atoms with Gasteiger partial charge >= 0.3 is 0 Å². The molecule has 2 nitrogen and oxygen atoms in total. The maximum absolute atomic E-state index is 5.58. The zero-order valence-electron chi connectivity index (χ0n) is 10.6. The average Bonchev–Trinajstić information content (AvgIpc) is 2.84. The molecule has 1 saturated heterocycles. The van der Waals surface area contributed by atoms with E-state index >= 15 is 0 Å². The van der Waals surface area contributed by atoms with E-state index in [1.807, 2.05) is 18.2 Å². The second-order valence-electron chi connectivity index (χ2n) is 4.71. The normalized spacial score (nSPS) is 20.0. The third-order valence-corrected chi connectivity index (χ3v) is 5.06. The maximum atomic E-state index is 5.58. The van der Waals surface area contributed by atoms with Crippen LogP contribution >= 0.6 is 24.0 Å². The fraction of sp³-hybridized carbons (Fsp3) is 0.0625. The van der Waals surface area contributed by atoms with E-state index in [9.17, 15) is 0 Å². The molecule has 2 aromatic carbocycles. The van der Waals surface area contributed by atoms with Gasteiger partial charge in [-0.3, -0.25) is 5.01 Å². The number of nitrogens with zero attached hydrogens (tertiary/aromatic N) is 2. The SMILES string of the molecule is S=C1SC2c3ccccc3C=CN2N1c1ccccc1. The molecule has 0 spiro atoms. The second kappa shape index (κ2) is 4.65. The van der Waals surface area contributed by atoms with Gasteiger partial charge < -0.3 is 0 Å². The summed E-state index contributed by atoms with van der Waals surface area (Å²) < 4.78 is 0.891. The predicted molar refractivity (Wildman–Crippen MR) is 89.2 cm³/mol. The van der Waals surface area contributed by atoms with Crippen LogP contribution in [-0.2, 0) is 0 Å². The molecule has 1 unspecified atom stereocenters. The molecule has 0 radical (unpaired) electrons. The van der Waals surface area contributed by atoms with Gasteiger partial charge in [-0.05, 0) is 29.3 Å². The van der Waals surface area contributed by atoms with Crippen LogP contribution < -0.4 is 5.01 Å². The van der Waals surface area contributed by atoms with E-state index in [0.29, 0.717) is 0 Å². The summed E-state index contributed by atoms with van der Waals surface area (Å²) in [6, 6.07) is 18.8. The number of hydrogen-bond donors (Lipinski definition) is 0. The number of thioether (sulfide) groups is 1. The van der Waals surface area contributed by atoms with Crippen LogP contribution in [-0.4, -0.2) is 9.33 Å². The summed E-state index contributed by atoms with van der Waals surface area (Å²) in [4.78, 5) is 0. The summed E-state index contributed by atoms with van der Waals surface area (Å²) in [7, 11) is 0. The molecular weight excluding hydrogens is 284 g/mol. The van der Waals surface area contributed by atoms with Gasteiger partial charge in [0, 0.05) is 6.20 Å². The van der Waals surface area contributed by atoms with Crippen molar-refractivity contribution in [2.24, 2.45) is 0 Å². The van der Waals surface area contributed by atoms with Gasteiger partial charge in [0.05, 0.1) is 5.69 Å². The first-order valence-electron chi connectivity index (χ1n) is 6.46. The Morgan fingerprint density at radius 2 is 1.70 bits per heavy atom. The van der Waals surface area contributed by atoms with Gasteiger partial charge in [0.15, 0.2) is 4.32 Å². The Morgan fingerprint density at radius 3 is 2.55 bits per heavy atom. The van der Waals surface area contributed by atoms with Crippen LogP contribution in [0.15, 0.2) is 60.8 Å². The molecule has 1 atom stereocenters. The van der Waals surface area contributed by atoms with Crippen LogP contribution in [0.1, 0.15) is 16.5 Å². The summed E-state index contributed by atoms with van der Waals surface area (Å²) >= 11 is 7.31. The number of fused-ring (bicyclic) bond motifs is 3. The molecule has 98 valence electrons. The molecule has 0 saturated carbocycles. The summed E-state index contributed by atoms with van der Waals surface area (Å²) in [6.07, 6.45) is 4.27. The van der Waals surface area contributed by atoms with Crippen LogP contribution in [0.3, 0.4) is 0 Å². The Bertz CT molecular complexity index is 697. The van der Waals surface area contributed by atoms with E-state index in [1.54, 1.807) is 11.8 Å². The third kappa shape index (κ3) is 1.76. The number of thiocarbonyl (C=S) groups is 1. The summed E-state index contributed by atoms with van der Waals surface area (Å²) in [5.74, 6) is 0. The van der Waals surface area contributed by atoms with Crippen LogP contribution in [0.4, 0.5) is 5.69 Å². The first kappa shape index (κ1) is 12.0. The first-order valence-corrected chi connectivity index (χ1v) is 7.74. The molecule has 4 heteroatoms. The lowest BCUT2D eigenvalue weighted by Crippen LogP contribution is -2.36. The smallest absolute Gasteiger partial charge is 0.162 e. The average molecular weight is 296 g/mol. The van der Waals surface area contributed by atoms with Gasteiger partial charge in [0.1, 0.15) is 5.37 Å². The Hall–Kier alpha value is -1.78. The topological polar surface area (TPSA) is 6.48 Å². The molecule has 2 aliphatic rings. The van der Waals surface area contributed by atoms with E-state index in [0.717, 1.165) is 10.0 Å². The fourth-order valence-corrected chi connectivity index (χ4v) is 4.18. The molecule has 4 rings (SSSR count). The van der Waals surface area contributed by atoms with Crippen molar-refractivity contribution in [2.75, 3.05) is 5.01 Å². The van der Waals surface area contributed by atoms with Gasteiger partial charge in [0.25, 0.3) is 0 Å². The highest BCUT2D eigenvalue weighted by Gasteiger charge is 2.38. The van der Waals surface area contributed by atoms with Crippen molar-refractivity contribution in [3.05, 3.63) is 71.9 Å². The van der Waals surface area contributed by atoms with E-state index < -0.39 is 0 Å². The molecule has 2 aromatic rings. The highest BCUT2D eigenvalue weighted by Crippen LogP contribution is 2.47. The Labute approximate surface area is 127 Å². The molecule has 2 aliphatic heterocycles. The lowest BCUT2D eigenvalue weighted by Gasteiger charge is -2.33. The van der Waals surface area contributed by atoms with Crippen molar-refractivity contribution >= 4 is 40.1 Å². The second-order valence-corrected chi connectivity index (χ2v) is 6.42. The highest BCUT2D eigenvalue weighted by atomic mass is 32.2. The molecule has 0 aliphatic carbocycles. The number of rotatable bonds is 1. The predicted octanol–water partition coefficient (Wildman–Crippen LogP) is 4.42. The minimum atomic E-state index is 0.240. The van der Waals surface area contributed by atoms with Crippen molar-refractivity contribution < 1.29 is 0 Å². The van der Waals surface area contributed by atoms with Gasteiger partial charge in [-0.1, -0.05) is 66.4 Å². The van der Waals surface area contributed by atoms with Crippen LogP contribution in [0.5, 0.6) is 0 Å². The summed E-state index contributed by atoms with van der Waals surface area (Å²) in [5, 5.41) is 4.56. The van der Waals surface area contributed by atoms with Crippen LogP contribution in [0.25, 0.3) is 6.08 Å². The van der Waals surface area contributed by atoms with Crippen molar-refractivity contribution in [3.8, 4) is 0 Å². The monoisotopic (exact) mass is 296 g/mol. The van der Waals surface area contributed by atoms with Gasteiger partial charge in [-0.2, -0.15) is 0 Å². The van der Waals surface area contributed by atoms with Gasteiger partial charge in [-0.15, -0.1) is 0 Å². The maximum Gasteiger partial charge on any atom is 0.162 e. The molecular formula is C16H12N2S2. The van der Waals surface area contributed by atoms with Crippen molar-refractivity contribution in [2.45, 2.75) is 5.37 Å². The zero-order valence-corrected chi connectivity index (χ0v) is 12.3. The van der Waals surface area contributed by atoms with Crippen molar-refractivity contribution in [3.63, 3.8) is 0 Å². The largest absolute Gasteiger partial charge is 0.269 e. The Balaban J connectivity index is 1.79. The quantitative estimate of drug-likeness (QED) is 0.718. The minimum absolute atomic E-state index is 0.240. The zero-order chi connectivity index (χ0) is 13.5. The highest BCUT2D eigenvalue weighted by molar-refractivity contribution is 8.23. The molecule has 0 aromatic heterocycles. The third-order valence-electron chi connectivity index (χ3n) is 3.53. The Kier molecular flexibility index (Phi) is 2.79. The van der Waals surface area contributed by atoms with Crippen LogP contribution in [0.2, 0.25) is 0 Å². The van der Waals surface area contributed by atoms with E-state index in [-0.39, 0.29) is 5.37 Å². The van der Waals surface area contributed by atoms with E-state index in [2.05, 4.69) is 58.7 Å². The molecule has 1 fully saturated rings. The standard InChI is InChI=1S/C16H12N2S2/c19-16-18(13-7-2-1-3-8-13)17-11-10-12-6-4-5-9-14(12)15(17)20-16/h1-11,15H. The summed E-state index contributed by atoms with van der Waals surface area (Å²) in [6.45, 7) is 0. The van der Waals surface area contributed by atoms with Crippen LogP contribution in [0, 0.1) is 0 Å². The number of hydrogen-bond acceptors (Lipinski definition) is 3. The number of hydrazine groups is 1. The van der Waals surface area contributed by atoms with E-state index in [4.69, 9.17) is 12.2 Å². The number of para-hydroxylation sites is 1. The lowest BCUT2D eigenvalue weighted by molar-refractivity contribution is 0.388. The minimum Gasteiger partial charge on any atom is -0.269 e. The fourth-order valence-electron chi connectivity index (χ4n) is 2.60. The van der Waals surface area contributed by atoms with Crippen molar-refractivity contribution in [1.82, 2.24) is 5.01 Å². The van der Waals surface area contributed by atoms with Gasteiger partial charge in [-0.25, -0.2) is 5.01 Å². The number of anilines is 1. The van der Waals surface area contributed by atoms with E-state index in [1.165, 1.54) is 11.1 Å². The molecule has 0 N–H and O–H groups in total. The first-order chi connectivity index (χ1) is 9.84. The van der Waals surface area contributed by atoms with Crippen molar-refractivity contribution in [1.29, 1.82) is 0 Å². The van der Waals surface area contributed by atoms with Gasteiger partial charge in [0.2, 0.25) is 0 Å². The lowest BCUT2D eigenvalue weighted by atomic mass is 10.1. The molecule has 0 bridgehead atoms. The molecule has 0 amide bonds. The summed E-state index contributed by atoms with van der Waals surface area (Å²) in [5.41, 5.74) is 3.70. The Morgan fingerprint density at radius 1 is 0.950 bits per heavy atom.